The van der Waals surface area contributed by atoms with Crippen molar-refractivity contribution >= 4 is 33.5 Å². The number of carbonyl (C=O) groups is 4. The monoisotopic (exact) mass is 632 g/mol. The van der Waals surface area contributed by atoms with Crippen molar-refractivity contribution in [1.29, 1.82) is 0 Å². The first kappa shape index (κ1) is 33.6. The van der Waals surface area contributed by atoms with Gasteiger partial charge >= 0.3 is 12.1 Å². The Hall–Kier alpha value is -2.85. The molecule has 0 aromatic carbocycles. The number of sulfone groups is 1. The maximum atomic E-state index is 15.1. The van der Waals surface area contributed by atoms with E-state index in [1.54, 1.807) is 5.32 Å². The molecule has 4 amide bonds. The van der Waals surface area contributed by atoms with Crippen LogP contribution in [0, 0.1) is 17.3 Å². The Balaban J connectivity index is 2.00. The second kappa shape index (κ2) is 11.7. The molecule has 17 heteroatoms. The van der Waals surface area contributed by atoms with E-state index in [9.17, 15) is 45.2 Å². The van der Waals surface area contributed by atoms with Gasteiger partial charge in [0.05, 0.1) is 12.0 Å². The molecule has 4 rings (SSSR count). The van der Waals surface area contributed by atoms with E-state index >= 15 is 8.78 Å². The molecule has 3 aliphatic heterocycles. The highest BCUT2D eigenvalue weighted by atomic mass is 32.2. The minimum atomic E-state index is -5.36. The van der Waals surface area contributed by atoms with E-state index in [2.05, 4.69) is 10.6 Å². The smallest absolute Gasteiger partial charge is 0.356 e. The first-order valence-corrected chi connectivity index (χ1v) is 15.2. The van der Waals surface area contributed by atoms with Gasteiger partial charge in [0.25, 0.3) is 5.92 Å². The first-order valence-electron chi connectivity index (χ1n) is 13.3. The van der Waals surface area contributed by atoms with Crippen LogP contribution >= 0.6 is 0 Å². The standard InChI is InChI=1S/C25H34F6N4O6S/c1-23(2,3)18(34-22(39)25(29,30)31)21(38)35-14-5-6-15(24(27,28)11-14)17(35)20(37)33-13(10-16(26)42(4,40)41)9-12-7-8-32-19(12)36/h10,12-15,17-18H,5-9,11H2,1-4H3,(H,32,36)(H,33,37)(H,34,39)/b16-10+/t12-,13+,14+,15+,17+,18-/m1/s1. The predicted molar refractivity (Wildman–Crippen MR) is 136 cm³/mol. The molecular formula is C25H34F6N4O6S. The molecule has 3 N–H and O–H groups in total. The molecule has 6 atom stereocenters. The molecule has 0 aromatic heterocycles. The third-order valence-corrected chi connectivity index (χ3v) is 8.66. The lowest BCUT2D eigenvalue weighted by Gasteiger charge is -2.55. The van der Waals surface area contributed by atoms with Crippen molar-refractivity contribution in [2.45, 2.75) is 89.1 Å². The Morgan fingerprint density at radius 3 is 2.21 bits per heavy atom. The Morgan fingerprint density at radius 1 is 1.12 bits per heavy atom. The lowest BCUT2D eigenvalue weighted by atomic mass is 9.70. The summed E-state index contributed by atoms with van der Waals surface area (Å²) in [6, 6.07) is -6.56. The molecule has 42 heavy (non-hydrogen) atoms. The number of hydrogen-bond donors (Lipinski definition) is 3. The average Bonchev–Trinajstić information content (AvgIpc) is 3.22. The SMILES string of the molecule is CC(C)(C)[C@H](NC(=O)C(F)(F)F)C(=O)N1[C@H]2CC[C@@H]([C@H]1C(=O)N[C@H](/C=C(\F)S(C)(=O)=O)C[C@H]1CCNC1=O)C(F)(F)C2. The Labute approximate surface area is 238 Å². The molecule has 0 aromatic rings. The number of rotatable bonds is 8. The van der Waals surface area contributed by atoms with Gasteiger partial charge in [0, 0.05) is 31.2 Å². The van der Waals surface area contributed by atoms with Crippen LogP contribution in [0.3, 0.4) is 0 Å². The van der Waals surface area contributed by atoms with Crippen LogP contribution in [0.1, 0.15) is 52.9 Å². The second-order valence-corrected chi connectivity index (χ2v) is 14.1. The summed E-state index contributed by atoms with van der Waals surface area (Å²) in [4.78, 5) is 52.0. The molecule has 0 spiro atoms. The minimum absolute atomic E-state index is 0.00808. The number of nitrogens with zero attached hydrogens (tertiary/aromatic N) is 1. The molecule has 4 aliphatic rings. The van der Waals surface area contributed by atoms with E-state index in [-0.39, 0.29) is 32.2 Å². The van der Waals surface area contributed by atoms with Gasteiger partial charge in [-0.15, -0.1) is 0 Å². The molecule has 1 aliphatic carbocycles. The molecule has 3 heterocycles. The van der Waals surface area contributed by atoms with E-state index in [0.717, 1.165) is 4.90 Å². The lowest BCUT2D eigenvalue weighted by molar-refractivity contribution is -0.197. The Bertz CT molecular complexity index is 1250. The molecule has 10 nitrogen and oxygen atoms in total. The Kier molecular flexibility index (Phi) is 9.36. The molecule has 4 fully saturated rings. The number of halogens is 6. The van der Waals surface area contributed by atoms with Gasteiger partial charge in [-0.2, -0.15) is 17.6 Å². The van der Waals surface area contributed by atoms with Gasteiger partial charge in [-0.1, -0.05) is 20.8 Å². The second-order valence-electron chi connectivity index (χ2n) is 12.1. The molecule has 0 unspecified atom stereocenters. The van der Waals surface area contributed by atoms with E-state index < -0.39 is 98.6 Å². The third kappa shape index (κ3) is 7.37. The molecule has 0 radical (unpaired) electrons. The van der Waals surface area contributed by atoms with Crippen LogP contribution in [0.2, 0.25) is 0 Å². The maximum absolute atomic E-state index is 15.1. The van der Waals surface area contributed by atoms with Crippen molar-refractivity contribution in [1.82, 2.24) is 20.9 Å². The molecule has 3 saturated heterocycles. The summed E-state index contributed by atoms with van der Waals surface area (Å²) in [7, 11) is -4.38. The zero-order valence-electron chi connectivity index (χ0n) is 23.4. The largest absolute Gasteiger partial charge is 0.471 e. The fourth-order valence-electron chi connectivity index (χ4n) is 5.73. The number of carbonyl (C=O) groups excluding carboxylic acids is 4. The van der Waals surface area contributed by atoms with Gasteiger partial charge in [-0.05, 0) is 37.2 Å². The normalized spacial score (nSPS) is 27.7. The molecule has 2 bridgehead atoms. The number of alkyl halides is 5. The van der Waals surface area contributed by atoms with Crippen molar-refractivity contribution in [3.63, 3.8) is 0 Å². The molecular weight excluding hydrogens is 598 g/mol. The summed E-state index contributed by atoms with van der Waals surface area (Å²) >= 11 is 0. The highest BCUT2D eigenvalue weighted by molar-refractivity contribution is 7.94. The van der Waals surface area contributed by atoms with Gasteiger partial charge in [-0.3, -0.25) is 19.2 Å². The van der Waals surface area contributed by atoms with Crippen LogP contribution < -0.4 is 16.0 Å². The third-order valence-electron chi connectivity index (χ3n) is 7.82. The fraction of sp³-hybridized carbons (Fsp3) is 0.760. The van der Waals surface area contributed by atoms with Gasteiger partial charge < -0.3 is 20.9 Å². The van der Waals surface area contributed by atoms with Crippen molar-refractivity contribution in [2.75, 3.05) is 12.8 Å². The van der Waals surface area contributed by atoms with Crippen LogP contribution in [0.4, 0.5) is 26.3 Å². The van der Waals surface area contributed by atoms with Gasteiger partial charge in [-0.25, -0.2) is 17.2 Å². The summed E-state index contributed by atoms with van der Waals surface area (Å²) in [6.07, 6.45) is -5.38. The lowest BCUT2D eigenvalue weighted by Crippen LogP contribution is -2.71. The topological polar surface area (TPSA) is 142 Å². The van der Waals surface area contributed by atoms with Crippen LogP contribution in [-0.4, -0.2) is 86.0 Å². The minimum Gasteiger partial charge on any atom is -0.356 e. The van der Waals surface area contributed by atoms with E-state index in [4.69, 9.17) is 0 Å². The van der Waals surface area contributed by atoms with Crippen LogP contribution in [0.15, 0.2) is 11.2 Å². The Morgan fingerprint density at radius 2 is 1.74 bits per heavy atom. The summed E-state index contributed by atoms with van der Waals surface area (Å²) in [5, 5.41) is 4.81. The maximum Gasteiger partial charge on any atom is 0.471 e. The highest BCUT2D eigenvalue weighted by Crippen LogP contribution is 2.49. The van der Waals surface area contributed by atoms with E-state index in [1.807, 2.05) is 0 Å². The number of piperidine rings is 2. The van der Waals surface area contributed by atoms with Crippen LogP contribution in [0.5, 0.6) is 0 Å². The zero-order valence-corrected chi connectivity index (χ0v) is 24.2. The summed E-state index contributed by atoms with van der Waals surface area (Å²) in [6.45, 7) is 4.31. The first-order chi connectivity index (χ1) is 19.0. The van der Waals surface area contributed by atoms with Crippen LogP contribution in [0.25, 0.3) is 0 Å². The van der Waals surface area contributed by atoms with E-state index in [1.165, 1.54) is 20.8 Å². The number of amides is 4. The van der Waals surface area contributed by atoms with E-state index in [0.29, 0.717) is 12.3 Å². The summed E-state index contributed by atoms with van der Waals surface area (Å²) < 4.78 is 107. The van der Waals surface area contributed by atoms with Crippen LogP contribution in [-0.2, 0) is 29.0 Å². The fourth-order valence-corrected chi connectivity index (χ4v) is 6.14. The van der Waals surface area contributed by atoms with Crippen molar-refractivity contribution in [2.24, 2.45) is 17.3 Å². The van der Waals surface area contributed by atoms with Gasteiger partial charge in [0.2, 0.25) is 32.7 Å². The van der Waals surface area contributed by atoms with Crippen molar-refractivity contribution in [3.05, 3.63) is 11.2 Å². The number of hydrogen-bond acceptors (Lipinski definition) is 6. The predicted octanol–water partition coefficient (Wildman–Crippen LogP) is 1.96. The average molecular weight is 633 g/mol. The van der Waals surface area contributed by atoms with Crippen molar-refractivity contribution in [3.8, 4) is 0 Å². The van der Waals surface area contributed by atoms with Gasteiger partial charge in [0.1, 0.15) is 12.1 Å². The molecule has 238 valence electrons. The highest BCUT2D eigenvalue weighted by Gasteiger charge is 2.61. The quantitative estimate of drug-likeness (QED) is 0.350. The van der Waals surface area contributed by atoms with Gasteiger partial charge in [0.15, 0.2) is 0 Å². The summed E-state index contributed by atoms with van der Waals surface area (Å²) in [5.74, 6) is -11.3. The zero-order chi connectivity index (χ0) is 32.0. The van der Waals surface area contributed by atoms with Crippen molar-refractivity contribution < 1.29 is 53.9 Å². The number of nitrogens with one attached hydrogen (secondary N) is 3. The number of fused-ring (bicyclic) bond motifs is 3. The summed E-state index contributed by atoms with van der Waals surface area (Å²) in [5.41, 5.74) is -1.35. The molecule has 1 saturated carbocycles.